The topological polar surface area (TPSA) is 137 Å². The van der Waals surface area contributed by atoms with E-state index in [4.69, 9.17) is 11.5 Å². The normalized spacial score (nSPS) is 17.6. The first-order chi connectivity index (χ1) is 17.7. The van der Waals surface area contributed by atoms with Gasteiger partial charge < -0.3 is 16.8 Å². The Morgan fingerprint density at radius 2 is 1.74 bits per heavy atom. The number of halogens is 6. The van der Waals surface area contributed by atoms with Crippen molar-refractivity contribution in [2.24, 2.45) is 0 Å². The van der Waals surface area contributed by atoms with Crippen LogP contribution in [-0.2, 0) is 16.6 Å². The molecular weight excluding hydrogens is 518 g/mol. The Kier molecular flexibility index (Phi) is 5.50. The zero-order valence-electron chi connectivity index (χ0n) is 19.4. The van der Waals surface area contributed by atoms with Gasteiger partial charge in [-0.2, -0.15) is 22.0 Å². The summed E-state index contributed by atoms with van der Waals surface area (Å²) in [6, 6.07) is 5.24. The van der Waals surface area contributed by atoms with E-state index in [0.717, 1.165) is 0 Å². The van der Waals surface area contributed by atoms with Crippen LogP contribution in [0.25, 0.3) is 17.2 Å². The largest absolute Gasteiger partial charge is 0.453 e. The van der Waals surface area contributed by atoms with E-state index in [9.17, 15) is 31.1 Å². The third-order valence-corrected chi connectivity index (χ3v) is 6.45. The summed E-state index contributed by atoms with van der Waals surface area (Å²) in [6.07, 6.45) is -5.59. The highest BCUT2D eigenvalue weighted by Gasteiger charge is 2.56. The Labute approximate surface area is 209 Å². The quantitative estimate of drug-likeness (QED) is 0.329. The molecule has 1 unspecified atom stereocenters. The molecule has 1 amide bonds. The number of nitrogens with one attached hydrogen (secondary N) is 1. The van der Waals surface area contributed by atoms with Gasteiger partial charge in [0.15, 0.2) is 11.5 Å². The maximum Gasteiger partial charge on any atom is 0.453 e. The molecule has 5 N–H and O–H groups in total. The Balaban J connectivity index is 1.59. The van der Waals surface area contributed by atoms with Gasteiger partial charge >= 0.3 is 12.1 Å². The van der Waals surface area contributed by atoms with E-state index in [2.05, 4.69) is 25.3 Å². The molecule has 15 heteroatoms. The number of rotatable bonds is 5. The van der Waals surface area contributed by atoms with Crippen molar-refractivity contribution >= 4 is 29.0 Å². The van der Waals surface area contributed by atoms with Crippen LogP contribution in [0.4, 0.5) is 43.8 Å². The molecule has 4 heterocycles. The molecule has 38 heavy (non-hydrogen) atoms. The summed E-state index contributed by atoms with van der Waals surface area (Å²) in [5, 5.41) is 2.61. The summed E-state index contributed by atoms with van der Waals surface area (Å²) >= 11 is 0. The molecule has 0 saturated heterocycles. The lowest BCUT2D eigenvalue weighted by Crippen LogP contribution is -2.36. The lowest BCUT2D eigenvalue weighted by Gasteiger charge is -2.23. The van der Waals surface area contributed by atoms with E-state index in [0.29, 0.717) is 5.56 Å². The summed E-state index contributed by atoms with van der Waals surface area (Å²) in [7, 11) is 0. The molecule has 4 aromatic rings. The lowest BCUT2D eigenvalue weighted by atomic mass is 9.78. The van der Waals surface area contributed by atoms with Gasteiger partial charge in [-0.1, -0.05) is 12.1 Å². The highest BCUT2D eigenvalue weighted by atomic mass is 19.4. The fraction of sp³-hybridized carbons (Fsp3) is 0.261. The van der Waals surface area contributed by atoms with E-state index in [1.807, 2.05) is 0 Å². The molecule has 5 rings (SSSR count). The SMILES string of the molecule is CC1(c2ccc(F)cc2)C(=O)Nc2nc(-c3cn4c(N)cnc4c(CCC(F)(F)C(F)(F)F)n3)nc(N)c21. The van der Waals surface area contributed by atoms with Crippen LogP contribution >= 0.6 is 0 Å². The van der Waals surface area contributed by atoms with E-state index in [1.165, 1.54) is 41.1 Å². The number of alkyl halides is 5. The average molecular weight is 536 g/mol. The van der Waals surface area contributed by atoms with Crippen molar-refractivity contribution < 1.29 is 31.1 Å². The zero-order valence-corrected chi connectivity index (χ0v) is 19.4. The van der Waals surface area contributed by atoms with Crippen LogP contribution in [0.3, 0.4) is 0 Å². The second-order valence-electron chi connectivity index (χ2n) is 8.89. The first kappa shape index (κ1) is 25.2. The number of nitrogens with zero attached hydrogens (tertiary/aromatic N) is 5. The molecule has 0 radical (unpaired) electrons. The minimum Gasteiger partial charge on any atom is -0.383 e. The second kappa shape index (κ2) is 8.29. The van der Waals surface area contributed by atoms with Crippen molar-refractivity contribution in [3.63, 3.8) is 0 Å². The van der Waals surface area contributed by atoms with Crippen molar-refractivity contribution in [1.29, 1.82) is 0 Å². The number of nitrogen functional groups attached to an aromatic ring is 2. The smallest absolute Gasteiger partial charge is 0.383 e. The van der Waals surface area contributed by atoms with E-state index >= 15 is 0 Å². The van der Waals surface area contributed by atoms with Gasteiger partial charge in [-0.25, -0.2) is 24.3 Å². The van der Waals surface area contributed by atoms with E-state index in [1.54, 1.807) is 6.92 Å². The van der Waals surface area contributed by atoms with Crippen LogP contribution < -0.4 is 16.8 Å². The van der Waals surface area contributed by atoms with Gasteiger partial charge in [-0.3, -0.25) is 9.20 Å². The highest BCUT2D eigenvalue weighted by Crippen LogP contribution is 2.45. The molecular formula is C23H18F6N8O. The molecule has 1 aromatic carbocycles. The van der Waals surface area contributed by atoms with Crippen LogP contribution in [0.2, 0.25) is 0 Å². The number of amides is 1. The number of imidazole rings is 1. The average Bonchev–Trinajstić information content (AvgIpc) is 3.34. The van der Waals surface area contributed by atoms with Gasteiger partial charge in [0.1, 0.15) is 34.4 Å². The molecule has 3 aromatic heterocycles. The van der Waals surface area contributed by atoms with Crippen LogP contribution in [-0.4, -0.2) is 42.3 Å². The molecule has 0 fully saturated rings. The minimum absolute atomic E-state index is 0.0180. The molecule has 0 aliphatic carbocycles. The number of anilines is 3. The number of fused-ring (bicyclic) bond motifs is 2. The van der Waals surface area contributed by atoms with Crippen LogP contribution in [0.1, 0.15) is 30.2 Å². The van der Waals surface area contributed by atoms with E-state index < -0.39 is 42.1 Å². The molecule has 198 valence electrons. The second-order valence-corrected chi connectivity index (χ2v) is 8.89. The van der Waals surface area contributed by atoms with Crippen molar-refractivity contribution in [3.8, 4) is 11.5 Å². The summed E-state index contributed by atoms with van der Waals surface area (Å²) in [5.41, 5.74) is 11.1. The molecule has 1 aliphatic heterocycles. The standard InChI is InChI=1S/C23H18F6N8O/c1-21(10-2-4-11(24)5-3-10)15-16(31)34-17(35-18(15)36-20(21)38)13-9-37-14(30)8-32-19(37)12(33-13)6-7-22(25,26)23(27,28)29/h2-5,8-9H,6-7,30H2,1H3,(H3,31,34,35,36,38). The molecule has 1 aliphatic rings. The zero-order chi connectivity index (χ0) is 27.6. The Morgan fingerprint density at radius 1 is 1.05 bits per heavy atom. The van der Waals surface area contributed by atoms with Crippen molar-refractivity contribution in [2.45, 2.75) is 37.3 Å². The number of nitrogens with two attached hydrogens (primary N) is 2. The number of aryl methyl sites for hydroxylation is 1. The third kappa shape index (κ3) is 3.85. The van der Waals surface area contributed by atoms with Crippen molar-refractivity contribution in [1.82, 2.24) is 24.3 Å². The number of hydrogen-bond acceptors (Lipinski definition) is 7. The first-order valence-corrected chi connectivity index (χ1v) is 11.1. The van der Waals surface area contributed by atoms with Crippen molar-refractivity contribution in [2.75, 3.05) is 16.8 Å². The molecule has 0 spiro atoms. The third-order valence-electron chi connectivity index (χ3n) is 6.45. The van der Waals surface area contributed by atoms with Crippen molar-refractivity contribution in [3.05, 3.63) is 59.3 Å². The maximum atomic E-state index is 13.6. The number of aromatic nitrogens is 5. The van der Waals surface area contributed by atoms with E-state index in [-0.39, 0.29) is 45.9 Å². The summed E-state index contributed by atoms with van der Waals surface area (Å²) in [6.45, 7) is 1.57. The Hall–Kier alpha value is -4.43. The summed E-state index contributed by atoms with van der Waals surface area (Å²) in [4.78, 5) is 29.7. The number of benzene rings is 1. The molecule has 1 atom stereocenters. The number of carbonyl (C=O) groups excluding carboxylic acids is 1. The van der Waals surface area contributed by atoms with Gasteiger partial charge in [0.2, 0.25) is 5.91 Å². The van der Waals surface area contributed by atoms with Crippen LogP contribution in [0.5, 0.6) is 0 Å². The maximum absolute atomic E-state index is 13.6. The van der Waals surface area contributed by atoms with Gasteiger partial charge in [0, 0.05) is 12.6 Å². The predicted octanol–water partition coefficient (Wildman–Crippen LogP) is 3.88. The van der Waals surface area contributed by atoms with Gasteiger partial charge in [-0.05, 0) is 31.0 Å². The summed E-state index contributed by atoms with van der Waals surface area (Å²) in [5.74, 6) is -6.14. The van der Waals surface area contributed by atoms with Crippen LogP contribution in [0.15, 0.2) is 36.7 Å². The minimum atomic E-state index is -5.73. The number of hydrogen-bond donors (Lipinski definition) is 3. The fourth-order valence-electron chi connectivity index (χ4n) is 4.34. The number of carbonyl (C=O) groups is 1. The first-order valence-electron chi connectivity index (χ1n) is 11.1. The van der Waals surface area contributed by atoms with Gasteiger partial charge in [0.05, 0.1) is 17.5 Å². The molecule has 9 nitrogen and oxygen atoms in total. The molecule has 0 saturated carbocycles. The van der Waals surface area contributed by atoms with Gasteiger partial charge in [0.25, 0.3) is 0 Å². The monoisotopic (exact) mass is 536 g/mol. The fourth-order valence-corrected chi connectivity index (χ4v) is 4.34. The predicted molar refractivity (Wildman–Crippen MR) is 124 cm³/mol. The van der Waals surface area contributed by atoms with Gasteiger partial charge in [-0.15, -0.1) is 0 Å². The molecule has 0 bridgehead atoms. The lowest BCUT2D eigenvalue weighted by molar-refractivity contribution is -0.284. The summed E-state index contributed by atoms with van der Waals surface area (Å²) < 4.78 is 80.1. The van der Waals surface area contributed by atoms with Crippen LogP contribution in [0, 0.1) is 5.82 Å². The highest BCUT2D eigenvalue weighted by molar-refractivity contribution is 6.09. The Morgan fingerprint density at radius 3 is 2.39 bits per heavy atom. The Bertz CT molecular complexity index is 1580.